The Bertz CT molecular complexity index is 238. The van der Waals surface area contributed by atoms with Crippen molar-refractivity contribution in [3.05, 3.63) is 11.3 Å². The maximum Gasteiger partial charge on any atom is 0.140 e. The van der Waals surface area contributed by atoms with Crippen LogP contribution in [0.25, 0.3) is 0 Å². The van der Waals surface area contributed by atoms with Crippen molar-refractivity contribution in [3.63, 3.8) is 0 Å². The van der Waals surface area contributed by atoms with E-state index in [0.29, 0.717) is 5.15 Å². The fraction of sp³-hybridized carbons (Fsp3) is 0.500. The van der Waals surface area contributed by atoms with Crippen molar-refractivity contribution in [3.8, 4) is 0 Å². The van der Waals surface area contributed by atoms with E-state index in [1.807, 2.05) is 6.26 Å². The van der Waals surface area contributed by atoms with Gasteiger partial charge in [0.2, 0.25) is 0 Å². The molecule has 2 nitrogen and oxygen atoms in total. The molecule has 0 bridgehead atoms. The van der Waals surface area contributed by atoms with Gasteiger partial charge in [0.1, 0.15) is 11.8 Å². The Morgan fingerprint density at radius 1 is 1.82 bits per heavy atom. The quantitative estimate of drug-likeness (QED) is 0.687. The molecular weight excluding hydrogens is 187 g/mol. The van der Waals surface area contributed by atoms with Crippen molar-refractivity contribution in [1.29, 1.82) is 0 Å². The second-order valence-electron chi connectivity index (χ2n) is 1.92. The predicted molar refractivity (Wildman–Crippen MR) is 45.0 cm³/mol. The number of alkyl halides is 1. The zero-order chi connectivity index (χ0) is 8.27. The average molecular weight is 195 g/mol. The molecule has 0 amide bonds. The second-order valence-corrected chi connectivity index (χ2v) is 3.12. The molecule has 0 unspecified atom stereocenters. The van der Waals surface area contributed by atoms with Gasteiger partial charge in [-0.25, -0.2) is 4.39 Å². The van der Waals surface area contributed by atoms with E-state index in [1.54, 1.807) is 6.20 Å². The van der Waals surface area contributed by atoms with Gasteiger partial charge in [0.15, 0.2) is 0 Å². The lowest BCUT2D eigenvalue weighted by Crippen LogP contribution is -2.00. The van der Waals surface area contributed by atoms with E-state index in [2.05, 4.69) is 5.10 Å². The Morgan fingerprint density at radius 2 is 2.55 bits per heavy atom. The summed E-state index contributed by atoms with van der Waals surface area (Å²) in [4.78, 5) is 0.889. The zero-order valence-corrected chi connectivity index (χ0v) is 7.62. The third-order valence-corrected chi connectivity index (χ3v) is 2.51. The zero-order valence-electron chi connectivity index (χ0n) is 6.05. The van der Waals surface area contributed by atoms with Gasteiger partial charge in [0.25, 0.3) is 0 Å². The lowest BCUT2D eigenvalue weighted by molar-refractivity contribution is 0.427. The van der Waals surface area contributed by atoms with Crippen molar-refractivity contribution in [2.45, 2.75) is 11.4 Å². The summed E-state index contributed by atoms with van der Waals surface area (Å²) in [5.41, 5.74) is 0. The van der Waals surface area contributed by atoms with Crippen molar-refractivity contribution in [1.82, 2.24) is 9.78 Å². The number of thioether (sulfide) groups is 1. The summed E-state index contributed by atoms with van der Waals surface area (Å²) < 4.78 is 13.3. The van der Waals surface area contributed by atoms with Crippen molar-refractivity contribution in [2.75, 3.05) is 12.9 Å². The molecule has 0 saturated carbocycles. The van der Waals surface area contributed by atoms with E-state index in [9.17, 15) is 4.39 Å². The largest absolute Gasteiger partial charge is 0.250 e. The third-order valence-electron chi connectivity index (χ3n) is 1.26. The first-order valence-electron chi connectivity index (χ1n) is 3.11. The Balaban J connectivity index is 2.82. The third kappa shape index (κ3) is 1.87. The number of aromatic nitrogens is 2. The van der Waals surface area contributed by atoms with Gasteiger partial charge >= 0.3 is 0 Å². The highest BCUT2D eigenvalue weighted by molar-refractivity contribution is 7.98. The molecule has 0 atom stereocenters. The molecule has 0 aliphatic carbocycles. The van der Waals surface area contributed by atoms with Crippen LogP contribution in [0.4, 0.5) is 4.39 Å². The maximum atomic E-state index is 11.8. The highest BCUT2D eigenvalue weighted by Crippen LogP contribution is 2.24. The highest BCUT2D eigenvalue weighted by atomic mass is 35.5. The number of hydrogen-bond donors (Lipinski definition) is 0. The summed E-state index contributed by atoms with van der Waals surface area (Å²) in [6, 6.07) is 0. The van der Waals surface area contributed by atoms with Crippen LogP contribution in [0.1, 0.15) is 0 Å². The summed E-state index contributed by atoms with van der Waals surface area (Å²) in [7, 11) is 0. The molecular formula is C6H8ClFN2S. The normalized spacial score (nSPS) is 10.5. The minimum Gasteiger partial charge on any atom is -0.250 e. The first-order chi connectivity index (χ1) is 5.29. The molecule has 0 spiro atoms. The Labute approximate surface area is 73.7 Å². The van der Waals surface area contributed by atoms with Crippen LogP contribution >= 0.6 is 23.4 Å². The van der Waals surface area contributed by atoms with E-state index in [-0.39, 0.29) is 6.54 Å². The molecule has 0 aliphatic heterocycles. The molecule has 0 aromatic carbocycles. The molecule has 0 aliphatic rings. The monoisotopic (exact) mass is 194 g/mol. The van der Waals surface area contributed by atoms with Crippen LogP contribution in [-0.2, 0) is 6.54 Å². The van der Waals surface area contributed by atoms with Gasteiger partial charge in [-0.05, 0) is 6.26 Å². The van der Waals surface area contributed by atoms with Gasteiger partial charge in [-0.2, -0.15) is 5.10 Å². The molecule has 0 fully saturated rings. The van der Waals surface area contributed by atoms with Crippen LogP contribution in [0, 0.1) is 0 Å². The van der Waals surface area contributed by atoms with E-state index in [4.69, 9.17) is 11.6 Å². The smallest absolute Gasteiger partial charge is 0.140 e. The predicted octanol–water partition coefficient (Wildman–Crippen LogP) is 2.23. The maximum absolute atomic E-state index is 11.8. The highest BCUT2D eigenvalue weighted by Gasteiger charge is 2.05. The minimum absolute atomic E-state index is 0.236. The van der Waals surface area contributed by atoms with Crippen LogP contribution < -0.4 is 0 Å². The SMILES string of the molecule is CSc1cnn(CCF)c1Cl. The Morgan fingerprint density at radius 3 is 3.00 bits per heavy atom. The molecule has 1 aromatic heterocycles. The van der Waals surface area contributed by atoms with Gasteiger partial charge in [-0.1, -0.05) is 11.6 Å². The van der Waals surface area contributed by atoms with E-state index < -0.39 is 6.67 Å². The van der Waals surface area contributed by atoms with Crippen LogP contribution in [0.15, 0.2) is 11.1 Å². The van der Waals surface area contributed by atoms with Crippen LogP contribution in [0.3, 0.4) is 0 Å². The van der Waals surface area contributed by atoms with Gasteiger partial charge in [0.05, 0.1) is 17.6 Å². The van der Waals surface area contributed by atoms with E-state index in [0.717, 1.165) is 4.90 Å². The number of halogens is 2. The molecule has 1 rings (SSSR count). The Kier molecular flexibility index (Phi) is 3.20. The first-order valence-corrected chi connectivity index (χ1v) is 4.71. The molecule has 5 heteroatoms. The van der Waals surface area contributed by atoms with Gasteiger partial charge in [-0.3, -0.25) is 4.68 Å². The van der Waals surface area contributed by atoms with E-state index >= 15 is 0 Å². The van der Waals surface area contributed by atoms with Gasteiger partial charge in [0, 0.05) is 0 Å². The van der Waals surface area contributed by atoms with Crippen LogP contribution in [0.5, 0.6) is 0 Å². The molecule has 0 radical (unpaired) electrons. The second kappa shape index (κ2) is 3.97. The number of nitrogens with zero attached hydrogens (tertiary/aromatic N) is 2. The van der Waals surface area contributed by atoms with Crippen LogP contribution in [-0.4, -0.2) is 22.7 Å². The molecule has 0 saturated heterocycles. The fourth-order valence-corrected chi connectivity index (χ4v) is 1.56. The Hall–Kier alpha value is -0.220. The lowest BCUT2D eigenvalue weighted by Gasteiger charge is -1.97. The van der Waals surface area contributed by atoms with Crippen LogP contribution in [0.2, 0.25) is 5.15 Å². The number of aryl methyl sites for hydroxylation is 1. The summed E-state index contributed by atoms with van der Waals surface area (Å²) in [6.45, 7) is -0.200. The fourth-order valence-electron chi connectivity index (χ4n) is 0.726. The molecule has 0 N–H and O–H groups in total. The van der Waals surface area contributed by atoms with E-state index in [1.165, 1.54) is 16.4 Å². The topological polar surface area (TPSA) is 17.8 Å². The molecule has 1 aromatic rings. The standard InChI is InChI=1S/C6H8ClFN2S/c1-11-5-4-9-10(3-2-8)6(5)7/h4H,2-3H2,1H3. The summed E-state index contributed by atoms with van der Waals surface area (Å²) >= 11 is 7.32. The minimum atomic E-state index is -0.435. The lowest BCUT2D eigenvalue weighted by atomic mass is 10.7. The van der Waals surface area contributed by atoms with Crippen molar-refractivity contribution < 1.29 is 4.39 Å². The molecule has 62 valence electrons. The average Bonchev–Trinajstić information content (AvgIpc) is 2.34. The summed E-state index contributed by atoms with van der Waals surface area (Å²) in [6.07, 6.45) is 3.55. The molecule has 1 heterocycles. The van der Waals surface area contributed by atoms with Crippen molar-refractivity contribution in [2.24, 2.45) is 0 Å². The number of hydrogen-bond acceptors (Lipinski definition) is 2. The number of rotatable bonds is 3. The molecule has 11 heavy (non-hydrogen) atoms. The van der Waals surface area contributed by atoms with Gasteiger partial charge < -0.3 is 0 Å². The first kappa shape index (κ1) is 8.87. The van der Waals surface area contributed by atoms with Gasteiger partial charge in [-0.15, -0.1) is 11.8 Å². The summed E-state index contributed by atoms with van der Waals surface area (Å²) in [5.74, 6) is 0. The van der Waals surface area contributed by atoms with Crippen molar-refractivity contribution >= 4 is 23.4 Å². The summed E-state index contributed by atoms with van der Waals surface area (Å²) in [5, 5.41) is 4.42.